The van der Waals surface area contributed by atoms with Gasteiger partial charge < -0.3 is 10.6 Å². The minimum absolute atomic E-state index is 0.0972. The van der Waals surface area contributed by atoms with Gasteiger partial charge in [-0.05, 0) is 7.05 Å². The highest BCUT2D eigenvalue weighted by Crippen LogP contribution is 1.87. The summed E-state index contributed by atoms with van der Waals surface area (Å²) in [6.07, 6.45) is 0. The Hall–Kier alpha value is -0.570. The van der Waals surface area contributed by atoms with Crippen molar-refractivity contribution < 1.29 is 4.79 Å². The second-order valence-corrected chi connectivity index (χ2v) is 3.21. The van der Waals surface area contributed by atoms with Gasteiger partial charge in [-0.2, -0.15) is 0 Å². The molecule has 1 amide bonds. The summed E-state index contributed by atoms with van der Waals surface area (Å²) in [4.78, 5) is 10.4. The minimum Gasteiger partial charge on any atom is -0.359 e. The molecule has 3 heteroatoms. The summed E-state index contributed by atoms with van der Waals surface area (Å²) in [5.41, 5.74) is 0. The number of hydrogen-bond donors (Lipinski definition) is 2. The van der Waals surface area contributed by atoms with Gasteiger partial charge in [0.2, 0.25) is 5.91 Å². The number of amides is 1. The molecule has 0 aromatic rings. The van der Waals surface area contributed by atoms with Crippen molar-refractivity contribution in [2.24, 2.45) is 5.92 Å². The average Bonchev–Trinajstić information content (AvgIpc) is 2.04. The van der Waals surface area contributed by atoms with Crippen molar-refractivity contribution in [2.45, 2.75) is 33.7 Å². The minimum atomic E-state index is 0.0972. The summed E-state index contributed by atoms with van der Waals surface area (Å²) in [5.74, 6) is 0.213. The first-order valence-corrected chi connectivity index (χ1v) is 4.34. The number of hydrogen-bond acceptors (Lipinski definition) is 2. The van der Waals surface area contributed by atoms with Gasteiger partial charge >= 0.3 is 0 Å². The third kappa shape index (κ3) is 12.1. The summed E-state index contributed by atoms with van der Waals surface area (Å²) >= 11 is 0. The molecule has 0 saturated heterocycles. The Morgan fingerprint density at radius 3 is 1.42 bits per heavy atom. The number of rotatable bonds is 2. The molecular formula is C9H22N2O. The topological polar surface area (TPSA) is 41.1 Å². The van der Waals surface area contributed by atoms with Gasteiger partial charge in [0, 0.05) is 19.0 Å². The second-order valence-electron chi connectivity index (χ2n) is 3.21. The first-order chi connectivity index (χ1) is 5.45. The van der Waals surface area contributed by atoms with Gasteiger partial charge in [0.25, 0.3) is 0 Å². The zero-order valence-corrected chi connectivity index (χ0v) is 9.06. The summed E-state index contributed by atoms with van der Waals surface area (Å²) in [6, 6.07) is 0.634. The monoisotopic (exact) mass is 174 g/mol. The Bertz CT molecular complexity index is 111. The van der Waals surface area contributed by atoms with Crippen LogP contribution in [-0.4, -0.2) is 26.0 Å². The van der Waals surface area contributed by atoms with E-state index in [4.69, 9.17) is 0 Å². The van der Waals surface area contributed by atoms with Crippen molar-refractivity contribution in [2.75, 3.05) is 14.1 Å². The largest absolute Gasteiger partial charge is 0.359 e. The second kappa shape index (κ2) is 8.53. The first kappa shape index (κ1) is 14.0. The molecule has 0 atom stereocenters. The highest BCUT2D eigenvalue weighted by Gasteiger charge is 2.00. The van der Waals surface area contributed by atoms with Crippen LogP contribution in [0.1, 0.15) is 27.7 Å². The van der Waals surface area contributed by atoms with Crippen LogP contribution in [0.15, 0.2) is 0 Å². The molecule has 0 aliphatic heterocycles. The predicted molar refractivity (Wildman–Crippen MR) is 53.1 cm³/mol. The molecule has 3 nitrogen and oxygen atoms in total. The van der Waals surface area contributed by atoms with E-state index in [9.17, 15) is 4.79 Å². The van der Waals surface area contributed by atoms with Crippen LogP contribution in [0, 0.1) is 5.92 Å². The maximum atomic E-state index is 10.4. The lowest BCUT2D eigenvalue weighted by Gasteiger charge is -1.98. The quantitative estimate of drug-likeness (QED) is 0.656. The van der Waals surface area contributed by atoms with E-state index in [1.165, 1.54) is 0 Å². The number of carbonyl (C=O) groups excluding carboxylic acids is 1. The van der Waals surface area contributed by atoms with Crippen LogP contribution >= 0.6 is 0 Å². The van der Waals surface area contributed by atoms with E-state index in [1.54, 1.807) is 7.05 Å². The standard InChI is InChI=1S/C5H11NO.C4H11N/c1-4(2)5(7)6-3;1-4(2)5-3/h4H,1-3H3,(H,6,7);4-5H,1-3H3. The molecule has 0 spiro atoms. The first-order valence-electron chi connectivity index (χ1n) is 4.34. The maximum absolute atomic E-state index is 10.4. The van der Waals surface area contributed by atoms with Gasteiger partial charge in [-0.3, -0.25) is 4.79 Å². The van der Waals surface area contributed by atoms with E-state index in [-0.39, 0.29) is 11.8 Å². The molecule has 0 aliphatic carbocycles. The number of carbonyl (C=O) groups is 1. The van der Waals surface area contributed by atoms with Gasteiger partial charge in [-0.1, -0.05) is 27.7 Å². The lowest BCUT2D eigenvalue weighted by atomic mass is 10.2. The van der Waals surface area contributed by atoms with Crippen LogP contribution < -0.4 is 10.6 Å². The van der Waals surface area contributed by atoms with Gasteiger partial charge in [0.1, 0.15) is 0 Å². The molecule has 0 radical (unpaired) electrons. The van der Waals surface area contributed by atoms with E-state index in [0.29, 0.717) is 6.04 Å². The third-order valence-corrected chi connectivity index (χ3v) is 1.35. The van der Waals surface area contributed by atoms with Crippen molar-refractivity contribution >= 4 is 5.91 Å². The molecule has 12 heavy (non-hydrogen) atoms. The molecule has 74 valence electrons. The van der Waals surface area contributed by atoms with Crippen LogP contribution in [0.5, 0.6) is 0 Å². The van der Waals surface area contributed by atoms with Crippen LogP contribution in [-0.2, 0) is 4.79 Å². The fraction of sp³-hybridized carbons (Fsp3) is 0.889. The van der Waals surface area contributed by atoms with Gasteiger partial charge in [0.15, 0.2) is 0 Å². The Labute approximate surface area is 75.9 Å². The van der Waals surface area contributed by atoms with Crippen LogP contribution in [0.25, 0.3) is 0 Å². The molecular weight excluding hydrogens is 152 g/mol. The molecule has 0 bridgehead atoms. The van der Waals surface area contributed by atoms with Crippen LogP contribution in [0.4, 0.5) is 0 Å². The van der Waals surface area contributed by atoms with E-state index in [1.807, 2.05) is 20.9 Å². The fourth-order valence-electron chi connectivity index (χ4n) is 0.289. The van der Waals surface area contributed by atoms with Crippen molar-refractivity contribution in [3.8, 4) is 0 Å². The number of nitrogens with one attached hydrogen (secondary N) is 2. The summed E-state index contributed by atoms with van der Waals surface area (Å²) in [7, 11) is 3.59. The molecule has 0 aromatic carbocycles. The van der Waals surface area contributed by atoms with Crippen molar-refractivity contribution in [3.05, 3.63) is 0 Å². The molecule has 2 N–H and O–H groups in total. The highest BCUT2D eigenvalue weighted by atomic mass is 16.1. The molecule has 0 heterocycles. The van der Waals surface area contributed by atoms with E-state index >= 15 is 0 Å². The maximum Gasteiger partial charge on any atom is 0.222 e. The molecule has 0 rings (SSSR count). The highest BCUT2D eigenvalue weighted by molar-refractivity contribution is 5.77. The summed E-state index contributed by atoms with van der Waals surface area (Å²) in [5, 5.41) is 5.55. The Balaban J connectivity index is 0. The van der Waals surface area contributed by atoms with Crippen LogP contribution in [0.3, 0.4) is 0 Å². The molecule has 0 aromatic heterocycles. The van der Waals surface area contributed by atoms with E-state index < -0.39 is 0 Å². The third-order valence-electron chi connectivity index (χ3n) is 1.35. The predicted octanol–water partition coefficient (Wildman–Crippen LogP) is 1.00. The van der Waals surface area contributed by atoms with Crippen molar-refractivity contribution in [1.82, 2.24) is 10.6 Å². The summed E-state index contributed by atoms with van der Waals surface area (Å²) in [6.45, 7) is 7.94. The van der Waals surface area contributed by atoms with Crippen molar-refractivity contribution in [1.29, 1.82) is 0 Å². The van der Waals surface area contributed by atoms with Crippen molar-refractivity contribution in [3.63, 3.8) is 0 Å². The smallest absolute Gasteiger partial charge is 0.222 e. The molecule has 0 fully saturated rings. The zero-order chi connectivity index (χ0) is 10.1. The Morgan fingerprint density at radius 2 is 1.42 bits per heavy atom. The molecule has 0 saturated carbocycles. The van der Waals surface area contributed by atoms with Gasteiger partial charge in [0.05, 0.1) is 0 Å². The molecule has 0 unspecified atom stereocenters. The van der Waals surface area contributed by atoms with Gasteiger partial charge in [-0.25, -0.2) is 0 Å². The average molecular weight is 174 g/mol. The molecule has 0 aliphatic rings. The van der Waals surface area contributed by atoms with Crippen LogP contribution in [0.2, 0.25) is 0 Å². The normalized spacial score (nSPS) is 9.33. The Kier molecular flexibility index (Phi) is 9.93. The van der Waals surface area contributed by atoms with Gasteiger partial charge in [-0.15, -0.1) is 0 Å². The fourth-order valence-corrected chi connectivity index (χ4v) is 0.289. The van der Waals surface area contributed by atoms with E-state index in [2.05, 4.69) is 24.5 Å². The van der Waals surface area contributed by atoms with E-state index in [0.717, 1.165) is 0 Å². The SMILES string of the molecule is CNC(=O)C(C)C.CNC(C)C. The zero-order valence-electron chi connectivity index (χ0n) is 9.06. The Morgan fingerprint density at radius 1 is 1.08 bits per heavy atom. The lowest BCUT2D eigenvalue weighted by molar-refractivity contribution is -0.123. The summed E-state index contributed by atoms with van der Waals surface area (Å²) < 4.78 is 0. The lowest BCUT2D eigenvalue weighted by Crippen LogP contribution is -2.22.